The lowest BCUT2D eigenvalue weighted by atomic mass is 9.70. The Balaban J connectivity index is 1.53. The van der Waals surface area contributed by atoms with Crippen molar-refractivity contribution in [1.29, 1.82) is 0 Å². The van der Waals surface area contributed by atoms with E-state index in [9.17, 15) is 24.0 Å². The van der Waals surface area contributed by atoms with Gasteiger partial charge in [0.2, 0.25) is 0 Å². The minimum Gasteiger partial charge on any atom is -0.462 e. The van der Waals surface area contributed by atoms with E-state index in [0.29, 0.717) is 17.5 Å². The highest BCUT2D eigenvalue weighted by atomic mass is 16.7. The summed E-state index contributed by atoms with van der Waals surface area (Å²) in [5.41, 5.74) is -2.98. The van der Waals surface area contributed by atoms with Gasteiger partial charge >= 0.3 is 29.8 Å². The van der Waals surface area contributed by atoms with Crippen molar-refractivity contribution in [3.05, 3.63) is 71.8 Å². The lowest BCUT2D eigenvalue weighted by molar-refractivity contribution is -0.190. The summed E-state index contributed by atoms with van der Waals surface area (Å²) in [4.78, 5) is 65.8. The molecule has 4 aliphatic rings. The molecule has 2 aromatic rings. The molecule has 280 valence electrons. The van der Waals surface area contributed by atoms with E-state index in [0.717, 1.165) is 0 Å². The number of rotatable bonds is 7. The van der Waals surface area contributed by atoms with E-state index >= 15 is 0 Å². The number of carbonyl (C=O) groups is 5. The average molecular weight is 721 g/mol. The first-order valence-electron chi connectivity index (χ1n) is 17.9. The Labute approximate surface area is 303 Å². The summed E-state index contributed by atoms with van der Waals surface area (Å²) in [5, 5.41) is 0. The van der Waals surface area contributed by atoms with E-state index in [4.69, 9.17) is 33.2 Å². The van der Waals surface area contributed by atoms with Gasteiger partial charge in [-0.3, -0.25) is 14.4 Å². The lowest BCUT2D eigenvalue weighted by Crippen LogP contribution is -2.54. The largest absolute Gasteiger partial charge is 0.462 e. The average Bonchev–Trinajstić information content (AvgIpc) is 3.60. The predicted molar refractivity (Wildman–Crippen MR) is 184 cm³/mol. The third-order valence-electron chi connectivity index (χ3n) is 11.5. The van der Waals surface area contributed by atoms with Crippen LogP contribution in [0.2, 0.25) is 0 Å². The van der Waals surface area contributed by atoms with Crippen molar-refractivity contribution in [2.24, 2.45) is 23.2 Å². The van der Waals surface area contributed by atoms with Gasteiger partial charge in [0.1, 0.15) is 53.9 Å². The summed E-state index contributed by atoms with van der Waals surface area (Å²) in [6.07, 6.45) is -6.03. The first kappa shape index (κ1) is 37.5. The molecule has 2 aromatic carbocycles. The van der Waals surface area contributed by atoms with E-state index in [1.54, 1.807) is 81.4 Å². The van der Waals surface area contributed by atoms with Gasteiger partial charge in [-0.05, 0) is 43.5 Å². The molecule has 52 heavy (non-hydrogen) atoms. The third-order valence-corrected chi connectivity index (χ3v) is 11.5. The fraction of sp³-hybridized carbons (Fsp3) is 0.575. The van der Waals surface area contributed by atoms with Crippen molar-refractivity contribution in [3.8, 4) is 0 Å². The molecular weight excluding hydrogens is 672 g/mol. The molecule has 0 amide bonds. The Morgan fingerprint density at radius 2 is 1.17 bits per heavy atom. The highest BCUT2D eigenvalue weighted by Crippen LogP contribution is 2.63. The Morgan fingerprint density at radius 1 is 0.654 bits per heavy atom. The van der Waals surface area contributed by atoms with Crippen LogP contribution in [0.3, 0.4) is 0 Å². The molecule has 0 radical (unpaired) electrons. The van der Waals surface area contributed by atoms with E-state index < -0.39 is 101 Å². The molecule has 3 heterocycles. The molecule has 0 N–H and O–H groups in total. The van der Waals surface area contributed by atoms with Gasteiger partial charge in [-0.25, -0.2) is 9.59 Å². The number of benzene rings is 2. The molecule has 2 bridgehead atoms. The molecule has 0 unspecified atom stereocenters. The Morgan fingerprint density at radius 3 is 1.71 bits per heavy atom. The Kier molecular flexibility index (Phi) is 10.0. The van der Waals surface area contributed by atoms with Crippen LogP contribution < -0.4 is 0 Å². The summed E-state index contributed by atoms with van der Waals surface area (Å²) in [6, 6.07) is 17.1. The molecule has 0 aromatic heterocycles. The van der Waals surface area contributed by atoms with Gasteiger partial charge in [-0.2, -0.15) is 0 Å². The zero-order chi connectivity index (χ0) is 37.7. The quantitative estimate of drug-likeness (QED) is 0.209. The highest BCUT2D eigenvalue weighted by molar-refractivity contribution is 5.90. The minimum atomic E-state index is -1.30. The summed E-state index contributed by atoms with van der Waals surface area (Å²) >= 11 is 0. The van der Waals surface area contributed by atoms with Crippen molar-refractivity contribution in [3.63, 3.8) is 0 Å². The van der Waals surface area contributed by atoms with Crippen LogP contribution >= 0.6 is 0 Å². The van der Waals surface area contributed by atoms with Crippen LogP contribution in [0.15, 0.2) is 60.7 Å². The number of fused-ring (bicyclic) bond motifs is 3. The molecular formula is C40H48O12. The molecule has 1 saturated carbocycles. The summed E-state index contributed by atoms with van der Waals surface area (Å²) in [7, 11) is 0. The molecule has 1 aliphatic carbocycles. The van der Waals surface area contributed by atoms with E-state index in [2.05, 4.69) is 0 Å². The topological polar surface area (TPSA) is 153 Å². The van der Waals surface area contributed by atoms with Gasteiger partial charge in [0, 0.05) is 38.5 Å². The molecule has 6 rings (SSSR count). The second-order valence-electron chi connectivity index (χ2n) is 15.5. The van der Waals surface area contributed by atoms with Crippen molar-refractivity contribution in [2.45, 2.75) is 122 Å². The van der Waals surface area contributed by atoms with Crippen molar-refractivity contribution >= 4 is 29.8 Å². The first-order valence-corrected chi connectivity index (χ1v) is 17.9. The molecule has 4 fully saturated rings. The van der Waals surface area contributed by atoms with E-state index in [1.807, 2.05) is 13.8 Å². The van der Waals surface area contributed by atoms with E-state index in [-0.39, 0.29) is 12.3 Å². The molecule has 1 spiro atoms. The molecule has 3 aliphatic heterocycles. The fourth-order valence-electron chi connectivity index (χ4n) is 8.98. The summed E-state index contributed by atoms with van der Waals surface area (Å²) < 4.78 is 44.7. The molecule has 12 atom stereocenters. The van der Waals surface area contributed by atoms with Crippen LogP contribution in [0.25, 0.3) is 0 Å². The Bertz CT molecular complexity index is 1690. The highest BCUT2D eigenvalue weighted by Gasteiger charge is 2.77. The molecule has 3 saturated heterocycles. The van der Waals surface area contributed by atoms with Crippen LogP contribution in [0.4, 0.5) is 0 Å². The summed E-state index contributed by atoms with van der Waals surface area (Å²) in [6.45, 7) is 13.1. The van der Waals surface area contributed by atoms with Crippen LogP contribution in [-0.2, 0) is 47.5 Å². The zero-order valence-corrected chi connectivity index (χ0v) is 30.9. The van der Waals surface area contributed by atoms with Gasteiger partial charge < -0.3 is 33.2 Å². The van der Waals surface area contributed by atoms with Crippen molar-refractivity contribution in [2.75, 3.05) is 0 Å². The van der Waals surface area contributed by atoms with Crippen LogP contribution in [0.5, 0.6) is 0 Å². The smallest absolute Gasteiger partial charge is 0.338 e. The zero-order valence-electron chi connectivity index (χ0n) is 30.9. The molecule has 12 nitrogen and oxygen atoms in total. The number of ether oxygens (including phenoxy) is 7. The van der Waals surface area contributed by atoms with Crippen molar-refractivity contribution < 1.29 is 57.1 Å². The fourth-order valence-corrected chi connectivity index (χ4v) is 8.98. The van der Waals surface area contributed by atoms with Crippen molar-refractivity contribution in [1.82, 2.24) is 0 Å². The Hall–Kier alpha value is -4.29. The van der Waals surface area contributed by atoms with Gasteiger partial charge in [0.05, 0.1) is 17.0 Å². The number of hydrogen-bond acceptors (Lipinski definition) is 12. The second-order valence-corrected chi connectivity index (χ2v) is 15.5. The number of carbonyl (C=O) groups excluding carboxylic acids is 5. The maximum absolute atomic E-state index is 13.9. The summed E-state index contributed by atoms with van der Waals surface area (Å²) in [5.74, 6) is -4.48. The number of hydrogen-bond donors (Lipinski definition) is 0. The first-order chi connectivity index (χ1) is 24.5. The second kappa shape index (κ2) is 13.9. The third kappa shape index (κ3) is 6.71. The maximum Gasteiger partial charge on any atom is 0.338 e. The predicted octanol–water partition coefficient (Wildman–Crippen LogP) is 5.25. The SMILES string of the molecule is CC(=O)O[C@@H]1C[C@@H](OC(C)=O)[C@@]2(C)O[C@@H]2[C@H]2[C@@H](OC(=O)c3ccccc3)[C@@H](C)C[C@@]23O[C@H]([C@H](C)[C@@H]3OC(C)=O)[C@H](OC(=O)c2ccccc2)C1(C)C. The number of esters is 5. The van der Waals surface area contributed by atoms with Gasteiger partial charge in [0.25, 0.3) is 0 Å². The minimum absolute atomic E-state index is 0.00321. The van der Waals surface area contributed by atoms with Gasteiger partial charge in [-0.15, -0.1) is 0 Å². The maximum atomic E-state index is 13.9. The molecule has 12 heteroatoms. The van der Waals surface area contributed by atoms with Crippen LogP contribution in [-0.4, -0.2) is 83.8 Å². The monoisotopic (exact) mass is 720 g/mol. The van der Waals surface area contributed by atoms with Gasteiger partial charge in [-0.1, -0.05) is 64.1 Å². The number of epoxide rings is 1. The lowest BCUT2D eigenvalue weighted by Gasteiger charge is -2.43. The van der Waals surface area contributed by atoms with E-state index in [1.165, 1.54) is 20.8 Å². The standard InChI is InChI=1S/C40H48O12/c1-21-20-40-30(31(21)49-36(44)26-15-11-9-12-16-26)34-39(8,52-34)29(47-24(4)42)19-28(46-23(3)41)38(6,7)35(50-37(45)27-17-13-10-14-18-27)32(51-40)22(2)33(40)48-25(5)43/h9-18,21-22,28-35H,19-20H2,1-8H3/t21-,22-,28+,29+,30+,31-,32+,33-,34+,35-,39+,40+/m0/s1. The van der Waals surface area contributed by atoms with Crippen LogP contribution in [0.1, 0.15) is 88.9 Å². The normalized spacial score (nSPS) is 37.2. The van der Waals surface area contributed by atoms with Gasteiger partial charge in [0.15, 0.2) is 0 Å². The van der Waals surface area contributed by atoms with Crippen LogP contribution in [0, 0.1) is 23.2 Å².